The molecule has 2 N–H and O–H groups in total. The topological polar surface area (TPSA) is 75.3 Å². The molecule has 0 saturated heterocycles. The first-order valence-corrected chi connectivity index (χ1v) is 11.6. The molecule has 1 amide bonds. The highest BCUT2D eigenvalue weighted by molar-refractivity contribution is 7.89. The lowest BCUT2D eigenvalue weighted by Gasteiger charge is -2.18. The molecule has 0 aliphatic rings. The fourth-order valence-electron chi connectivity index (χ4n) is 3.25. The summed E-state index contributed by atoms with van der Waals surface area (Å²) in [5, 5.41) is 3.07. The van der Waals surface area contributed by atoms with Crippen molar-refractivity contribution in [3.63, 3.8) is 0 Å². The largest absolute Gasteiger partial charge is 0.350 e. The summed E-state index contributed by atoms with van der Waals surface area (Å²) in [5.41, 5.74) is 5.71. The molecule has 29 heavy (non-hydrogen) atoms. The van der Waals surface area contributed by atoms with Crippen LogP contribution in [0.4, 0.5) is 0 Å². The quantitative estimate of drug-likeness (QED) is 0.646. The zero-order valence-electron chi connectivity index (χ0n) is 18.0. The molecule has 2 aromatic rings. The highest BCUT2D eigenvalue weighted by atomic mass is 32.2. The van der Waals surface area contributed by atoms with Gasteiger partial charge in [0, 0.05) is 13.0 Å². The summed E-state index contributed by atoms with van der Waals surface area (Å²) in [4.78, 5) is 12.6. The number of hydrogen-bond acceptors (Lipinski definition) is 3. The maximum absolute atomic E-state index is 12.4. The smallest absolute Gasteiger partial charge is 0.240 e. The minimum absolute atomic E-state index is 0.0172. The van der Waals surface area contributed by atoms with Crippen molar-refractivity contribution in [3.05, 3.63) is 64.2 Å². The van der Waals surface area contributed by atoms with E-state index in [0.29, 0.717) is 19.4 Å². The molecule has 0 aliphatic heterocycles. The Morgan fingerprint density at radius 1 is 1.00 bits per heavy atom. The molecule has 0 saturated carbocycles. The first-order valence-electron chi connectivity index (χ1n) is 10.1. The van der Waals surface area contributed by atoms with Gasteiger partial charge in [-0.3, -0.25) is 4.79 Å². The minimum Gasteiger partial charge on any atom is -0.350 e. The van der Waals surface area contributed by atoms with Gasteiger partial charge >= 0.3 is 0 Å². The Balaban J connectivity index is 1.93. The van der Waals surface area contributed by atoms with E-state index in [4.69, 9.17) is 0 Å². The average molecular weight is 417 g/mol. The molecule has 6 heteroatoms. The average Bonchev–Trinajstić information content (AvgIpc) is 2.68. The summed E-state index contributed by atoms with van der Waals surface area (Å²) in [6.45, 7) is 10.6. The van der Waals surface area contributed by atoms with Crippen molar-refractivity contribution in [1.82, 2.24) is 10.0 Å². The molecule has 0 bridgehead atoms. The number of amides is 1. The zero-order chi connectivity index (χ0) is 21.6. The Bertz CT molecular complexity index is 951. The van der Waals surface area contributed by atoms with Gasteiger partial charge in [0.1, 0.15) is 0 Å². The third kappa shape index (κ3) is 6.41. The molecule has 0 fully saturated rings. The van der Waals surface area contributed by atoms with Crippen molar-refractivity contribution in [3.8, 4) is 0 Å². The van der Waals surface area contributed by atoms with Crippen molar-refractivity contribution >= 4 is 15.9 Å². The van der Waals surface area contributed by atoms with E-state index in [-0.39, 0.29) is 16.8 Å². The van der Waals surface area contributed by atoms with Crippen molar-refractivity contribution in [2.75, 3.05) is 6.54 Å². The summed E-state index contributed by atoms with van der Waals surface area (Å²) in [6, 6.07) is 11.0. The van der Waals surface area contributed by atoms with E-state index in [9.17, 15) is 13.2 Å². The molecule has 2 aromatic carbocycles. The van der Waals surface area contributed by atoms with Crippen LogP contribution >= 0.6 is 0 Å². The molecule has 0 heterocycles. The molecule has 0 spiro atoms. The number of aryl methyl sites for hydroxylation is 4. The van der Waals surface area contributed by atoms with Gasteiger partial charge < -0.3 is 5.32 Å². The van der Waals surface area contributed by atoms with Crippen LogP contribution in [0.3, 0.4) is 0 Å². The number of sulfonamides is 1. The van der Waals surface area contributed by atoms with E-state index in [2.05, 4.69) is 42.9 Å². The third-order valence-electron chi connectivity index (χ3n) is 5.14. The van der Waals surface area contributed by atoms with E-state index in [1.807, 2.05) is 13.8 Å². The van der Waals surface area contributed by atoms with Gasteiger partial charge in [-0.1, -0.05) is 31.2 Å². The lowest BCUT2D eigenvalue weighted by atomic mass is 9.96. The van der Waals surface area contributed by atoms with E-state index >= 15 is 0 Å². The van der Waals surface area contributed by atoms with Gasteiger partial charge in [-0.2, -0.15) is 0 Å². The monoisotopic (exact) mass is 416 g/mol. The van der Waals surface area contributed by atoms with E-state index < -0.39 is 10.0 Å². The van der Waals surface area contributed by atoms with Crippen LogP contribution in [0.2, 0.25) is 0 Å². The Morgan fingerprint density at radius 3 is 2.24 bits per heavy atom. The fourth-order valence-corrected chi connectivity index (χ4v) is 4.39. The van der Waals surface area contributed by atoms with Crippen molar-refractivity contribution < 1.29 is 13.2 Å². The number of carbonyl (C=O) groups is 1. The van der Waals surface area contributed by atoms with Gasteiger partial charge in [0.05, 0.1) is 10.9 Å². The van der Waals surface area contributed by atoms with Gasteiger partial charge in [-0.25, -0.2) is 13.1 Å². The Morgan fingerprint density at radius 2 is 1.62 bits per heavy atom. The molecule has 0 aliphatic carbocycles. The predicted octanol–water partition coefficient (Wildman–Crippen LogP) is 4.11. The molecule has 0 unspecified atom stereocenters. The van der Waals surface area contributed by atoms with Crippen LogP contribution in [0.1, 0.15) is 60.5 Å². The van der Waals surface area contributed by atoms with Gasteiger partial charge in [0.2, 0.25) is 15.9 Å². The lowest BCUT2D eigenvalue weighted by molar-refractivity contribution is -0.121. The number of hydrogen-bond donors (Lipinski definition) is 2. The SMILES string of the molecule is CCCNS(=O)(=O)c1ccc(CCC(=O)N[C@H](C)c2cc(C)c(C)cc2C)cc1. The Kier molecular flexibility index (Phi) is 7.99. The summed E-state index contributed by atoms with van der Waals surface area (Å²) in [6.07, 6.45) is 1.66. The first-order chi connectivity index (χ1) is 13.6. The summed E-state index contributed by atoms with van der Waals surface area (Å²) >= 11 is 0. The summed E-state index contributed by atoms with van der Waals surface area (Å²) in [7, 11) is -3.46. The van der Waals surface area contributed by atoms with Crippen LogP contribution < -0.4 is 10.0 Å². The second-order valence-corrected chi connectivity index (χ2v) is 9.39. The van der Waals surface area contributed by atoms with E-state index in [1.54, 1.807) is 24.3 Å². The molecule has 2 rings (SSSR count). The standard InChI is InChI=1S/C23H32N2O3S/c1-6-13-24-29(27,28)21-10-7-20(8-11-21)9-12-23(26)25-19(5)22-15-17(3)16(2)14-18(22)4/h7-8,10-11,14-15,19,24H,6,9,12-13H2,1-5H3,(H,25,26)/t19-/m1/s1. The number of nitrogens with one attached hydrogen (secondary N) is 2. The second-order valence-electron chi connectivity index (χ2n) is 7.62. The first kappa shape index (κ1) is 23.1. The molecular weight excluding hydrogens is 384 g/mol. The zero-order valence-corrected chi connectivity index (χ0v) is 18.8. The molecule has 1 atom stereocenters. The number of carbonyl (C=O) groups excluding carboxylic acids is 1. The normalized spacial score (nSPS) is 12.6. The van der Waals surface area contributed by atoms with Crippen LogP contribution in [0.5, 0.6) is 0 Å². The molecular formula is C23H32N2O3S. The van der Waals surface area contributed by atoms with Crippen LogP contribution in [-0.2, 0) is 21.2 Å². The Hall–Kier alpha value is -2.18. The molecule has 0 aromatic heterocycles. The fraction of sp³-hybridized carbons (Fsp3) is 0.435. The highest BCUT2D eigenvalue weighted by Crippen LogP contribution is 2.22. The highest BCUT2D eigenvalue weighted by Gasteiger charge is 2.14. The van der Waals surface area contributed by atoms with Crippen molar-refractivity contribution in [1.29, 1.82) is 0 Å². The van der Waals surface area contributed by atoms with Gasteiger partial charge in [-0.05, 0) is 80.5 Å². The lowest BCUT2D eigenvalue weighted by Crippen LogP contribution is -2.27. The van der Waals surface area contributed by atoms with Crippen LogP contribution in [0, 0.1) is 20.8 Å². The van der Waals surface area contributed by atoms with Gasteiger partial charge in [0.25, 0.3) is 0 Å². The third-order valence-corrected chi connectivity index (χ3v) is 6.62. The van der Waals surface area contributed by atoms with Crippen molar-refractivity contribution in [2.45, 2.75) is 64.8 Å². The van der Waals surface area contributed by atoms with E-state index in [1.165, 1.54) is 16.7 Å². The maximum Gasteiger partial charge on any atom is 0.240 e. The summed E-state index contributed by atoms with van der Waals surface area (Å²) < 4.78 is 26.8. The predicted molar refractivity (Wildman–Crippen MR) is 117 cm³/mol. The summed E-state index contributed by atoms with van der Waals surface area (Å²) in [5.74, 6) is -0.0172. The number of rotatable bonds is 9. The molecule has 5 nitrogen and oxygen atoms in total. The van der Waals surface area contributed by atoms with Gasteiger partial charge in [-0.15, -0.1) is 0 Å². The number of benzene rings is 2. The maximum atomic E-state index is 12.4. The molecule has 158 valence electrons. The Labute approximate surface area is 175 Å². The van der Waals surface area contributed by atoms with E-state index in [0.717, 1.165) is 17.5 Å². The minimum atomic E-state index is -3.46. The van der Waals surface area contributed by atoms with Crippen molar-refractivity contribution in [2.24, 2.45) is 0 Å². The van der Waals surface area contributed by atoms with Crippen LogP contribution in [0.25, 0.3) is 0 Å². The second kappa shape index (κ2) is 10.0. The van der Waals surface area contributed by atoms with Crippen LogP contribution in [0.15, 0.2) is 41.3 Å². The van der Waals surface area contributed by atoms with Gasteiger partial charge in [0.15, 0.2) is 0 Å². The van der Waals surface area contributed by atoms with Crippen LogP contribution in [-0.4, -0.2) is 20.9 Å². The molecule has 0 radical (unpaired) electrons.